The van der Waals surface area contributed by atoms with E-state index < -0.39 is 23.3 Å². The highest BCUT2D eigenvalue weighted by molar-refractivity contribution is 8.03. The summed E-state index contributed by atoms with van der Waals surface area (Å²) in [6.07, 6.45) is -4.90. The average Bonchev–Trinajstić information content (AvgIpc) is 3.01. The molecule has 0 bridgehead atoms. The lowest BCUT2D eigenvalue weighted by molar-refractivity contribution is -0.184. The third-order valence-electron chi connectivity index (χ3n) is 4.35. The number of thioether (sulfide) groups is 1. The van der Waals surface area contributed by atoms with Gasteiger partial charge >= 0.3 is 12.2 Å². The van der Waals surface area contributed by atoms with Crippen LogP contribution in [0.5, 0.6) is 0 Å². The van der Waals surface area contributed by atoms with Crippen LogP contribution < -0.4 is 10.2 Å². The zero-order valence-corrected chi connectivity index (χ0v) is 13.9. The van der Waals surface area contributed by atoms with Crippen molar-refractivity contribution in [3.8, 4) is 6.07 Å². The molecule has 2 amide bonds. The van der Waals surface area contributed by atoms with Gasteiger partial charge in [0.05, 0.1) is 5.69 Å². The van der Waals surface area contributed by atoms with E-state index in [-0.39, 0.29) is 10.6 Å². The lowest BCUT2D eigenvalue weighted by atomic mass is 9.81. The van der Waals surface area contributed by atoms with Crippen molar-refractivity contribution in [3.63, 3.8) is 0 Å². The zero-order valence-electron chi connectivity index (χ0n) is 13.0. The van der Waals surface area contributed by atoms with Crippen LogP contribution >= 0.6 is 11.8 Å². The molecule has 1 atom stereocenters. The number of nitrogens with zero attached hydrogens (tertiary/aromatic N) is 2. The van der Waals surface area contributed by atoms with Crippen molar-refractivity contribution < 1.29 is 18.0 Å². The molecule has 4 nitrogen and oxygen atoms in total. The second-order valence-corrected chi connectivity index (χ2v) is 6.77. The fourth-order valence-electron chi connectivity index (χ4n) is 3.20. The summed E-state index contributed by atoms with van der Waals surface area (Å²) in [5.41, 5.74) is -3.18. The van der Waals surface area contributed by atoms with Crippen molar-refractivity contribution in [3.05, 3.63) is 70.8 Å². The molecular weight excluding hydrogens is 363 g/mol. The molecule has 26 heavy (non-hydrogen) atoms. The Kier molecular flexibility index (Phi) is 3.53. The van der Waals surface area contributed by atoms with Crippen LogP contribution in [0.15, 0.2) is 70.1 Å². The van der Waals surface area contributed by atoms with Gasteiger partial charge in [-0.05, 0) is 17.7 Å². The van der Waals surface area contributed by atoms with Gasteiger partial charge in [0.2, 0.25) is 5.54 Å². The molecule has 4 rings (SSSR count). The van der Waals surface area contributed by atoms with Gasteiger partial charge in [0.15, 0.2) is 0 Å². The highest BCUT2D eigenvalue weighted by Gasteiger charge is 2.64. The second-order valence-electron chi connectivity index (χ2n) is 5.74. The van der Waals surface area contributed by atoms with Crippen LogP contribution in [-0.2, 0) is 5.54 Å². The van der Waals surface area contributed by atoms with Gasteiger partial charge in [0.25, 0.3) is 0 Å². The van der Waals surface area contributed by atoms with Crippen molar-refractivity contribution in [2.75, 3.05) is 4.90 Å². The van der Waals surface area contributed by atoms with E-state index in [9.17, 15) is 23.2 Å². The summed E-state index contributed by atoms with van der Waals surface area (Å²) in [5.74, 6) is 0. The quantitative estimate of drug-likeness (QED) is 0.800. The maximum atomic E-state index is 14.3. The minimum atomic E-state index is -4.90. The van der Waals surface area contributed by atoms with Gasteiger partial charge in [-0.1, -0.05) is 54.2 Å². The topological polar surface area (TPSA) is 56.1 Å². The Morgan fingerprint density at radius 1 is 1.08 bits per heavy atom. The molecule has 130 valence electrons. The minimum Gasteiger partial charge on any atom is -0.315 e. The molecule has 0 aromatic heterocycles. The molecule has 1 N–H and O–H groups in total. The van der Waals surface area contributed by atoms with E-state index in [0.717, 1.165) is 16.7 Å². The number of alkyl halides is 3. The number of halogens is 3. The maximum absolute atomic E-state index is 14.3. The number of nitrogens with one attached hydrogen (secondary N) is 1. The molecule has 2 aromatic rings. The molecule has 2 aliphatic heterocycles. The van der Waals surface area contributed by atoms with Crippen molar-refractivity contribution in [2.24, 2.45) is 0 Å². The van der Waals surface area contributed by atoms with Gasteiger partial charge in [0.1, 0.15) is 16.7 Å². The second kappa shape index (κ2) is 5.54. The molecular formula is C18H10F3N3OS. The van der Waals surface area contributed by atoms with Gasteiger partial charge in [-0.2, -0.15) is 18.4 Å². The average molecular weight is 373 g/mol. The van der Waals surface area contributed by atoms with Crippen molar-refractivity contribution in [1.82, 2.24) is 5.32 Å². The molecule has 0 aliphatic carbocycles. The summed E-state index contributed by atoms with van der Waals surface area (Å²) in [6.45, 7) is 0. The van der Waals surface area contributed by atoms with Crippen LogP contribution in [-0.4, -0.2) is 12.2 Å². The van der Waals surface area contributed by atoms with Crippen LogP contribution in [0.1, 0.15) is 5.56 Å². The lowest BCUT2D eigenvalue weighted by Gasteiger charge is -2.42. The fourth-order valence-corrected chi connectivity index (χ4v) is 4.40. The number of rotatable bonds is 1. The van der Waals surface area contributed by atoms with Gasteiger partial charge in [-0.3, -0.25) is 4.90 Å². The Bertz CT molecular complexity index is 981. The molecule has 0 saturated carbocycles. The Balaban J connectivity index is 2.04. The first-order chi connectivity index (χ1) is 12.4. The Morgan fingerprint density at radius 2 is 1.73 bits per heavy atom. The standard InChI is InChI=1S/C18H10F3N3OS/c19-18(20,21)17(11-6-2-1-3-7-11)12(10-22)15-24(16(25)23-17)13-8-4-5-9-14(13)26-15/h1-9H,(H,23,25)/t17-/m0/s1. The fraction of sp³-hybridized carbons (Fsp3) is 0.111. The van der Waals surface area contributed by atoms with Crippen molar-refractivity contribution in [2.45, 2.75) is 16.6 Å². The number of amides is 2. The van der Waals surface area contributed by atoms with E-state index in [0.29, 0.717) is 10.6 Å². The third-order valence-corrected chi connectivity index (χ3v) is 5.49. The highest BCUT2D eigenvalue weighted by Crippen LogP contribution is 2.55. The van der Waals surface area contributed by atoms with Gasteiger partial charge in [-0.15, -0.1) is 0 Å². The van der Waals surface area contributed by atoms with Crippen molar-refractivity contribution >= 4 is 23.5 Å². The summed E-state index contributed by atoms with van der Waals surface area (Å²) in [4.78, 5) is 14.4. The molecule has 8 heteroatoms. The number of carbonyl (C=O) groups is 1. The zero-order chi connectivity index (χ0) is 18.5. The minimum absolute atomic E-state index is 0.0152. The Morgan fingerprint density at radius 3 is 2.38 bits per heavy atom. The Labute approximate surface area is 150 Å². The predicted octanol–water partition coefficient (Wildman–Crippen LogP) is 4.51. The van der Waals surface area contributed by atoms with E-state index in [4.69, 9.17) is 0 Å². The number of para-hydroxylation sites is 1. The number of carbonyl (C=O) groups excluding carboxylic acids is 1. The van der Waals surface area contributed by atoms with Crippen LogP contribution in [0, 0.1) is 11.3 Å². The van der Waals surface area contributed by atoms with E-state index in [1.165, 1.54) is 24.3 Å². The molecule has 0 saturated heterocycles. The maximum Gasteiger partial charge on any atom is 0.420 e. The number of fused-ring (bicyclic) bond motifs is 3. The monoisotopic (exact) mass is 373 g/mol. The molecule has 0 radical (unpaired) electrons. The van der Waals surface area contributed by atoms with E-state index in [2.05, 4.69) is 5.32 Å². The number of anilines is 1. The SMILES string of the molecule is N#CC1=C2Sc3ccccc3N2C(=O)N[C@]1(c1ccccc1)C(F)(F)F. The van der Waals surface area contributed by atoms with E-state index >= 15 is 0 Å². The lowest BCUT2D eigenvalue weighted by Crippen LogP contribution is -2.63. The molecule has 2 aromatic carbocycles. The number of hydrogen-bond acceptors (Lipinski definition) is 3. The summed E-state index contributed by atoms with van der Waals surface area (Å²) >= 11 is 0.992. The van der Waals surface area contributed by atoms with Crippen LogP contribution in [0.2, 0.25) is 0 Å². The Hall–Kier alpha value is -2.92. The van der Waals surface area contributed by atoms with Crippen LogP contribution in [0.4, 0.5) is 23.7 Å². The first kappa shape index (κ1) is 16.5. The number of urea groups is 1. The molecule has 2 heterocycles. The smallest absolute Gasteiger partial charge is 0.315 e. The molecule has 0 unspecified atom stereocenters. The number of nitriles is 1. The third kappa shape index (κ3) is 2.07. The molecule has 0 spiro atoms. The van der Waals surface area contributed by atoms with Crippen LogP contribution in [0.3, 0.4) is 0 Å². The predicted molar refractivity (Wildman–Crippen MR) is 90.1 cm³/mol. The first-order valence-electron chi connectivity index (χ1n) is 7.56. The number of benzene rings is 2. The van der Waals surface area contributed by atoms with E-state index in [1.807, 2.05) is 0 Å². The van der Waals surface area contributed by atoms with Gasteiger partial charge < -0.3 is 5.32 Å². The molecule has 0 fully saturated rings. The van der Waals surface area contributed by atoms with Gasteiger partial charge in [-0.25, -0.2) is 4.79 Å². The first-order valence-corrected chi connectivity index (χ1v) is 8.38. The number of hydrogen-bond donors (Lipinski definition) is 1. The summed E-state index contributed by atoms with van der Waals surface area (Å²) in [5, 5.41) is 11.7. The molecule has 2 aliphatic rings. The highest BCUT2D eigenvalue weighted by atomic mass is 32.2. The summed E-state index contributed by atoms with van der Waals surface area (Å²) in [6, 6.07) is 14.5. The summed E-state index contributed by atoms with van der Waals surface area (Å²) < 4.78 is 42.8. The largest absolute Gasteiger partial charge is 0.420 e. The van der Waals surface area contributed by atoms with Gasteiger partial charge in [0, 0.05) is 4.90 Å². The van der Waals surface area contributed by atoms with E-state index in [1.54, 1.807) is 36.4 Å². The van der Waals surface area contributed by atoms with Crippen LogP contribution in [0.25, 0.3) is 0 Å². The summed E-state index contributed by atoms with van der Waals surface area (Å²) in [7, 11) is 0. The van der Waals surface area contributed by atoms with Crippen molar-refractivity contribution in [1.29, 1.82) is 5.26 Å². The normalized spacial score (nSPS) is 21.8.